The number of sulfonamides is 1. The fourth-order valence-corrected chi connectivity index (χ4v) is 4.36. The normalized spacial score (nSPS) is 16.8. The van der Waals surface area contributed by atoms with Gasteiger partial charge in [-0.1, -0.05) is 24.4 Å². The first-order chi connectivity index (χ1) is 9.34. The van der Waals surface area contributed by atoms with Gasteiger partial charge in [0.05, 0.1) is 9.95 Å². The van der Waals surface area contributed by atoms with Crippen LogP contribution in [-0.4, -0.2) is 30.7 Å². The first-order valence-corrected chi connectivity index (χ1v) is 8.08. The van der Waals surface area contributed by atoms with E-state index in [2.05, 4.69) is 0 Å². The Morgan fingerprint density at radius 2 is 1.95 bits per heavy atom. The van der Waals surface area contributed by atoms with Crippen molar-refractivity contribution < 1.29 is 13.3 Å². The topological polar surface area (TPSA) is 80.5 Å². The molecule has 0 spiro atoms. The van der Waals surface area contributed by atoms with Crippen molar-refractivity contribution in [2.45, 2.75) is 36.6 Å². The smallest absolute Gasteiger partial charge is 0.258 e. The molecular formula is C12H15ClN2O4S. The Labute approximate surface area is 122 Å². The lowest BCUT2D eigenvalue weighted by atomic mass is 10.3. The Morgan fingerprint density at radius 1 is 1.35 bits per heavy atom. The van der Waals surface area contributed by atoms with Crippen molar-refractivity contribution in [1.29, 1.82) is 0 Å². The van der Waals surface area contributed by atoms with Crippen LogP contribution in [0.25, 0.3) is 0 Å². The summed E-state index contributed by atoms with van der Waals surface area (Å²) in [6, 6.07) is 3.39. The quantitative estimate of drug-likeness (QED) is 0.631. The van der Waals surface area contributed by atoms with E-state index in [1.165, 1.54) is 17.4 Å². The maximum atomic E-state index is 12.5. The highest BCUT2D eigenvalue weighted by atomic mass is 35.5. The molecule has 1 fully saturated rings. The third-order valence-electron chi connectivity index (χ3n) is 3.62. The zero-order valence-electron chi connectivity index (χ0n) is 11.0. The summed E-state index contributed by atoms with van der Waals surface area (Å²) >= 11 is 5.90. The Hall–Kier alpha value is -1.18. The summed E-state index contributed by atoms with van der Waals surface area (Å²) in [5.74, 6) is 0. The minimum atomic E-state index is -3.72. The van der Waals surface area contributed by atoms with Crippen LogP contribution in [0.4, 0.5) is 5.69 Å². The van der Waals surface area contributed by atoms with Gasteiger partial charge in [-0.2, -0.15) is 4.31 Å². The van der Waals surface area contributed by atoms with E-state index in [0.717, 1.165) is 37.8 Å². The molecule has 1 aromatic carbocycles. The third kappa shape index (κ3) is 2.79. The second-order valence-corrected chi connectivity index (χ2v) is 7.20. The molecule has 1 aliphatic carbocycles. The van der Waals surface area contributed by atoms with Gasteiger partial charge in [0.15, 0.2) is 0 Å². The summed E-state index contributed by atoms with van der Waals surface area (Å²) in [5, 5.41) is 10.5. The molecule has 8 heteroatoms. The van der Waals surface area contributed by atoms with Gasteiger partial charge in [-0.05, 0) is 18.9 Å². The second kappa shape index (κ2) is 5.67. The molecule has 0 amide bonds. The molecule has 0 heterocycles. The highest BCUT2D eigenvalue weighted by Gasteiger charge is 2.31. The molecular weight excluding hydrogens is 304 g/mol. The van der Waals surface area contributed by atoms with E-state index in [4.69, 9.17) is 11.6 Å². The Kier molecular flexibility index (Phi) is 4.31. The van der Waals surface area contributed by atoms with Crippen molar-refractivity contribution in [3.05, 3.63) is 33.3 Å². The van der Waals surface area contributed by atoms with Crippen molar-refractivity contribution in [3.8, 4) is 0 Å². The zero-order chi connectivity index (χ0) is 14.9. The van der Waals surface area contributed by atoms with Gasteiger partial charge in [0.1, 0.15) is 4.90 Å². The minimum absolute atomic E-state index is 0.0220. The molecule has 1 aromatic rings. The highest BCUT2D eigenvalue weighted by Crippen LogP contribution is 2.32. The van der Waals surface area contributed by atoms with Gasteiger partial charge in [-0.3, -0.25) is 10.1 Å². The summed E-state index contributed by atoms with van der Waals surface area (Å²) < 4.78 is 26.3. The standard InChI is InChI=1S/C12H15ClN2O4S/c1-14(9-4-2-3-5-9)20(18,19)12-7-6-10(15(16)17)8-11(12)13/h6-9H,2-5H2,1H3. The van der Waals surface area contributed by atoms with E-state index < -0.39 is 14.9 Å². The molecule has 0 aliphatic heterocycles. The second-order valence-electron chi connectivity index (χ2n) is 4.83. The van der Waals surface area contributed by atoms with E-state index in [1.807, 2.05) is 0 Å². The fraction of sp³-hybridized carbons (Fsp3) is 0.500. The molecule has 0 unspecified atom stereocenters. The molecule has 0 saturated heterocycles. The van der Waals surface area contributed by atoms with Gasteiger partial charge in [-0.25, -0.2) is 8.42 Å². The molecule has 0 aromatic heterocycles. The van der Waals surface area contributed by atoms with Gasteiger partial charge in [0.25, 0.3) is 5.69 Å². The first-order valence-electron chi connectivity index (χ1n) is 6.26. The summed E-state index contributed by atoms with van der Waals surface area (Å²) in [4.78, 5) is 9.95. The van der Waals surface area contributed by atoms with Crippen LogP contribution >= 0.6 is 11.6 Å². The van der Waals surface area contributed by atoms with Gasteiger partial charge < -0.3 is 0 Å². The van der Waals surface area contributed by atoms with Crippen molar-refractivity contribution in [2.24, 2.45) is 0 Å². The SMILES string of the molecule is CN(C1CCCC1)S(=O)(=O)c1ccc([N+](=O)[O-])cc1Cl. The van der Waals surface area contributed by atoms with Crippen LogP contribution in [0.5, 0.6) is 0 Å². The Bertz CT molecular complexity index is 626. The number of nitro groups is 1. The Morgan fingerprint density at radius 3 is 2.45 bits per heavy atom. The van der Waals surface area contributed by atoms with Crippen molar-refractivity contribution in [1.82, 2.24) is 4.31 Å². The molecule has 2 rings (SSSR count). The highest BCUT2D eigenvalue weighted by molar-refractivity contribution is 7.89. The van der Waals surface area contributed by atoms with E-state index >= 15 is 0 Å². The molecule has 6 nitrogen and oxygen atoms in total. The van der Waals surface area contributed by atoms with Crippen LogP contribution in [0.2, 0.25) is 5.02 Å². The summed E-state index contributed by atoms with van der Waals surface area (Å²) in [7, 11) is -2.19. The molecule has 0 N–H and O–H groups in total. The average molecular weight is 319 g/mol. The molecule has 0 radical (unpaired) electrons. The summed E-state index contributed by atoms with van der Waals surface area (Å²) in [6.45, 7) is 0. The first kappa shape index (κ1) is 15.2. The average Bonchev–Trinajstić information content (AvgIpc) is 2.90. The largest absolute Gasteiger partial charge is 0.271 e. The predicted octanol–water partition coefficient (Wildman–Crippen LogP) is 2.81. The number of benzene rings is 1. The maximum Gasteiger partial charge on any atom is 0.271 e. The monoisotopic (exact) mass is 318 g/mol. The van der Waals surface area contributed by atoms with E-state index in [9.17, 15) is 18.5 Å². The van der Waals surface area contributed by atoms with E-state index in [0.29, 0.717) is 0 Å². The molecule has 20 heavy (non-hydrogen) atoms. The number of rotatable bonds is 4. The molecule has 0 bridgehead atoms. The molecule has 110 valence electrons. The van der Waals surface area contributed by atoms with Crippen LogP contribution in [0.1, 0.15) is 25.7 Å². The van der Waals surface area contributed by atoms with E-state index in [-0.39, 0.29) is 21.6 Å². The predicted molar refractivity (Wildman–Crippen MR) is 75.3 cm³/mol. The lowest BCUT2D eigenvalue weighted by Gasteiger charge is -2.24. The number of non-ortho nitro benzene ring substituents is 1. The van der Waals surface area contributed by atoms with Gasteiger partial charge in [0.2, 0.25) is 10.0 Å². The number of nitrogens with zero attached hydrogens (tertiary/aromatic N) is 2. The van der Waals surface area contributed by atoms with Crippen LogP contribution in [0.3, 0.4) is 0 Å². The Balaban J connectivity index is 2.36. The molecule has 0 atom stereocenters. The molecule has 1 aliphatic rings. The zero-order valence-corrected chi connectivity index (χ0v) is 12.5. The van der Waals surface area contributed by atoms with Gasteiger partial charge >= 0.3 is 0 Å². The minimum Gasteiger partial charge on any atom is -0.258 e. The summed E-state index contributed by atoms with van der Waals surface area (Å²) in [6.07, 6.45) is 3.69. The van der Waals surface area contributed by atoms with Crippen LogP contribution < -0.4 is 0 Å². The molecule has 1 saturated carbocycles. The maximum absolute atomic E-state index is 12.5. The number of hydrogen-bond donors (Lipinski definition) is 0. The number of halogens is 1. The van der Waals surface area contributed by atoms with Crippen LogP contribution in [-0.2, 0) is 10.0 Å². The van der Waals surface area contributed by atoms with Crippen molar-refractivity contribution in [3.63, 3.8) is 0 Å². The number of hydrogen-bond acceptors (Lipinski definition) is 4. The summed E-state index contributed by atoms with van der Waals surface area (Å²) in [5.41, 5.74) is -0.225. The van der Waals surface area contributed by atoms with Gasteiger partial charge in [-0.15, -0.1) is 0 Å². The van der Waals surface area contributed by atoms with Gasteiger partial charge in [0, 0.05) is 25.2 Å². The fourth-order valence-electron chi connectivity index (χ4n) is 2.43. The van der Waals surface area contributed by atoms with Crippen molar-refractivity contribution in [2.75, 3.05) is 7.05 Å². The lowest BCUT2D eigenvalue weighted by molar-refractivity contribution is -0.384. The lowest BCUT2D eigenvalue weighted by Crippen LogP contribution is -2.35. The third-order valence-corrected chi connectivity index (χ3v) is 6.02. The van der Waals surface area contributed by atoms with Crippen LogP contribution in [0, 0.1) is 10.1 Å². The number of nitro benzene ring substituents is 1. The van der Waals surface area contributed by atoms with Crippen molar-refractivity contribution >= 4 is 27.3 Å². The van der Waals surface area contributed by atoms with E-state index in [1.54, 1.807) is 0 Å². The van der Waals surface area contributed by atoms with Crippen LogP contribution in [0.15, 0.2) is 23.1 Å².